The average molecular weight is 898 g/mol. The molecule has 0 aliphatic heterocycles. The van der Waals surface area contributed by atoms with E-state index in [4.69, 9.17) is 24.3 Å². The average Bonchev–Trinajstić information content (AvgIpc) is 3.26. The molecule has 0 fully saturated rings. The molecule has 0 rings (SSSR count). The highest BCUT2D eigenvalue weighted by atomic mass is 31.2. The van der Waals surface area contributed by atoms with Gasteiger partial charge < -0.3 is 20.1 Å². The molecule has 1 unspecified atom stereocenters. The van der Waals surface area contributed by atoms with Crippen LogP contribution in [0.3, 0.4) is 0 Å². The second-order valence-electron chi connectivity index (χ2n) is 17.7. The third kappa shape index (κ3) is 48.0. The Kier molecular flexibility index (Phi) is 47.7. The molecule has 0 bridgehead atoms. The van der Waals surface area contributed by atoms with Crippen molar-refractivity contribution in [1.82, 2.24) is 0 Å². The lowest BCUT2D eigenvalue weighted by Crippen LogP contribution is -2.29. The summed E-state index contributed by atoms with van der Waals surface area (Å²) < 4.78 is 32.9. The molecular formula is C52H100NO8P. The normalized spacial score (nSPS) is 13.3. The van der Waals surface area contributed by atoms with Crippen molar-refractivity contribution in [2.45, 2.75) is 270 Å². The number of unbranched alkanes of at least 4 members (excludes halogenated alkanes) is 33. The fourth-order valence-electron chi connectivity index (χ4n) is 7.66. The van der Waals surface area contributed by atoms with E-state index < -0.39 is 32.5 Å². The molecule has 0 heterocycles. The van der Waals surface area contributed by atoms with Crippen LogP contribution in [0.15, 0.2) is 24.3 Å². The maximum atomic E-state index is 12.6. The van der Waals surface area contributed by atoms with Gasteiger partial charge >= 0.3 is 19.8 Å². The topological polar surface area (TPSA) is 134 Å². The SMILES string of the molecule is CCCCCCCCCCCCCCCC/C=C/CC/C=C/CCCC(=O)OC[C@@H](COP(=O)(O)OCCN)OC(=O)CCCCCCCCCCCCCCCCCCCC. The van der Waals surface area contributed by atoms with Gasteiger partial charge in [-0.05, 0) is 44.9 Å². The summed E-state index contributed by atoms with van der Waals surface area (Å²) >= 11 is 0. The number of carbonyl (C=O) groups excluding carboxylic acids is 2. The van der Waals surface area contributed by atoms with E-state index in [0.29, 0.717) is 12.8 Å². The van der Waals surface area contributed by atoms with Crippen molar-refractivity contribution in [1.29, 1.82) is 0 Å². The summed E-state index contributed by atoms with van der Waals surface area (Å²) in [4.78, 5) is 35.0. The molecule has 0 amide bonds. The Morgan fingerprint density at radius 1 is 0.468 bits per heavy atom. The number of esters is 2. The predicted octanol–water partition coefficient (Wildman–Crippen LogP) is 15.9. The molecule has 0 radical (unpaired) electrons. The molecule has 0 saturated carbocycles. The van der Waals surface area contributed by atoms with Crippen LogP contribution in [0.4, 0.5) is 0 Å². The predicted molar refractivity (Wildman–Crippen MR) is 261 cm³/mol. The highest BCUT2D eigenvalue weighted by molar-refractivity contribution is 7.47. The Labute approximate surface area is 382 Å². The zero-order valence-corrected chi connectivity index (χ0v) is 41.5. The van der Waals surface area contributed by atoms with Crippen LogP contribution >= 0.6 is 7.82 Å². The fraction of sp³-hybridized carbons (Fsp3) is 0.885. The minimum atomic E-state index is -4.39. The van der Waals surface area contributed by atoms with E-state index in [1.165, 1.54) is 186 Å². The third-order valence-corrected chi connectivity index (χ3v) is 12.6. The van der Waals surface area contributed by atoms with Crippen LogP contribution in [-0.4, -0.2) is 49.3 Å². The maximum absolute atomic E-state index is 12.6. The van der Waals surface area contributed by atoms with Crippen LogP contribution in [-0.2, 0) is 32.7 Å². The highest BCUT2D eigenvalue weighted by Crippen LogP contribution is 2.43. The molecule has 0 aliphatic rings. The van der Waals surface area contributed by atoms with Gasteiger partial charge in [-0.1, -0.05) is 231 Å². The van der Waals surface area contributed by atoms with Gasteiger partial charge in [0.25, 0.3) is 0 Å². The molecule has 0 saturated heterocycles. The first kappa shape index (κ1) is 60.5. The van der Waals surface area contributed by atoms with Gasteiger partial charge in [0.2, 0.25) is 0 Å². The minimum Gasteiger partial charge on any atom is -0.462 e. The quantitative estimate of drug-likeness (QED) is 0.0265. The fourth-order valence-corrected chi connectivity index (χ4v) is 8.42. The Hall–Kier alpha value is -1.51. The number of phosphoric ester groups is 1. The number of nitrogens with two attached hydrogens (primary N) is 1. The van der Waals surface area contributed by atoms with Gasteiger partial charge in [-0.3, -0.25) is 18.6 Å². The number of hydrogen-bond acceptors (Lipinski definition) is 8. The maximum Gasteiger partial charge on any atom is 0.472 e. The van der Waals surface area contributed by atoms with Gasteiger partial charge in [0, 0.05) is 19.4 Å². The van der Waals surface area contributed by atoms with Crippen molar-refractivity contribution < 1.29 is 37.6 Å². The Morgan fingerprint density at radius 3 is 1.24 bits per heavy atom. The lowest BCUT2D eigenvalue weighted by Gasteiger charge is -2.19. The summed E-state index contributed by atoms with van der Waals surface area (Å²) in [5.74, 6) is -0.863. The lowest BCUT2D eigenvalue weighted by molar-refractivity contribution is -0.161. The Bertz CT molecular complexity index is 1070. The summed E-state index contributed by atoms with van der Waals surface area (Å²) in [6, 6.07) is 0. The van der Waals surface area contributed by atoms with Crippen LogP contribution < -0.4 is 5.73 Å². The van der Waals surface area contributed by atoms with Gasteiger partial charge in [0.15, 0.2) is 6.10 Å². The molecule has 0 aromatic rings. The summed E-state index contributed by atoms with van der Waals surface area (Å²) in [5, 5.41) is 0. The number of ether oxygens (including phenoxy) is 2. The first-order valence-corrected chi connectivity index (χ1v) is 27.8. The molecule has 2 atom stereocenters. The van der Waals surface area contributed by atoms with E-state index in [9.17, 15) is 19.0 Å². The van der Waals surface area contributed by atoms with Crippen molar-refractivity contribution in [2.24, 2.45) is 5.73 Å². The molecule has 62 heavy (non-hydrogen) atoms. The van der Waals surface area contributed by atoms with E-state index in [2.05, 4.69) is 38.2 Å². The van der Waals surface area contributed by atoms with Gasteiger partial charge in [0.05, 0.1) is 13.2 Å². The molecular weight excluding hydrogens is 798 g/mol. The van der Waals surface area contributed by atoms with E-state index in [-0.39, 0.29) is 32.6 Å². The number of hydrogen-bond donors (Lipinski definition) is 2. The first-order chi connectivity index (χ1) is 30.3. The number of allylic oxidation sites excluding steroid dienone is 4. The van der Waals surface area contributed by atoms with Crippen molar-refractivity contribution in [2.75, 3.05) is 26.4 Å². The van der Waals surface area contributed by atoms with Gasteiger partial charge in [-0.2, -0.15) is 0 Å². The van der Waals surface area contributed by atoms with E-state index in [1.54, 1.807) is 0 Å². The number of carbonyl (C=O) groups is 2. The third-order valence-electron chi connectivity index (χ3n) is 11.6. The second-order valence-corrected chi connectivity index (χ2v) is 19.2. The second kappa shape index (κ2) is 48.9. The van der Waals surface area contributed by atoms with Crippen molar-refractivity contribution in [3.63, 3.8) is 0 Å². The van der Waals surface area contributed by atoms with Gasteiger partial charge in [0.1, 0.15) is 6.61 Å². The standard InChI is InChI=1S/C52H100NO8P/c1-3-5-7-9-11-13-15-17-19-21-23-24-25-26-27-29-30-32-34-36-38-40-42-44-51(54)58-48-50(49-60-62(56,57)59-47-46-53)61-52(55)45-43-41-39-37-35-33-31-28-22-20-18-16-14-12-10-8-6-4-2/h29-30,36,38,50H,3-28,31-35,37,39-49,53H2,1-2H3,(H,56,57)/b30-29+,38-36+/t50-/m0/s1. The van der Waals surface area contributed by atoms with Gasteiger partial charge in [-0.15, -0.1) is 0 Å². The molecule has 0 aromatic carbocycles. The van der Waals surface area contributed by atoms with Crippen LogP contribution in [0.1, 0.15) is 264 Å². The molecule has 0 aliphatic carbocycles. The molecule has 9 nitrogen and oxygen atoms in total. The molecule has 3 N–H and O–H groups in total. The summed E-state index contributed by atoms with van der Waals surface area (Å²) in [5.41, 5.74) is 5.37. The largest absolute Gasteiger partial charge is 0.472 e. The molecule has 10 heteroatoms. The first-order valence-electron chi connectivity index (χ1n) is 26.3. The molecule has 0 spiro atoms. The lowest BCUT2D eigenvalue weighted by atomic mass is 10.0. The van der Waals surface area contributed by atoms with Crippen LogP contribution in [0.2, 0.25) is 0 Å². The van der Waals surface area contributed by atoms with E-state index in [1.807, 2.05) is 0 Å². The monoisotopic (exact) mass is 898 g/mol. The van der Waals surface area contributed by atoms with Crippen molar-refractivity contribution in [3.05, 3.63) is 24.3 Å². The number of phosphoric acid groups is 1. The minimum absolute atomic E-state index is 0.0508. The summed E-state index contributed by atoms with van der Waals surface area (Å²) in [7, 11) is -4.39. The van der Waals surface area contributed by atoms with Crippen LogP contribution in [0.25, 0.3) is 0 Å². The van der Waals surface area contributed by atoms with Crippen LogP contribution in [0.5, 0.6) is 0 Å². The molecule has 366 valence electrons. The Balaban J connectivity index is 4.05. The van der Waals surface area contributed by atoms with Crippen molar-refractivity contribution in [3.8, 4) is 0 Å². The summed E-state index contributed by atoms with van der Waals surface area (Å²) in [6.07, 6.45) is 55.2. The zero-order chi connectivity index (χ0) is 45.3. The zero-order valence-electron chi connectivity index (χ0n) is 40.6. The van der Waals surface area contributed by atoms with E-state index in [0.717, 1.165) is 38.5 Å². The Morgan fingerprint density at radius 2 is 0.823 bits per heavy atom. The molecule has 0 aromatic heterocycles. The van der Waals surface area contributed by atoms with Crippen molar-refractivity contribution >= 4 is 19.8 Å². The smallest absolute Gasteiger partial charge is 0.462 e. The van der Waals surface area contributed by atoms with Crippen LogP contribution in [0, 0.1) is 0 Å². The van der Waals surface area contributed by atoms with E-state index >= 15 is 0 Å². The summed E-state index contributed by atoms with van der Waals surface area (Å²) in [6.45, 7) is 3.75. The highest BCUT2D eigenvalue weighted by Gasteiger charge is 2.26. The number of rotatable bonds is 50. The van der Waals surface area contributed by atoms with Gasteiger partial charge in [-0.25, -0.2) is 4.57 Å².